The minimum Gasteiger partial charge on any atom is -0.372 e. The fourth-order valence-corrected chi connectivity index (χ4v) is 1.58. The first kappa shape index (κ1) is 7.56. The maximum Gasteiger partial charge on any atom is 0.0809 e. The van der Waals surface area contributed by atoms with E-state index < -0.39 is 0 Å². The van der Waals surface area contributed by atoms with E-state index in [0.29, 0.717) is 12.0 Å². The van der Waals surface area contributed by atoms with Gasteiger partial charge in [0.05, 0.1) is 12.2 Å². The molecule has 1 heterocycles. The van der Waals surface area contributed by atoms with Gasteiger partial charge in [-0.2, -0.15) is 0 Å². The van der Waals surface area contributed by atoms with E-state index >= 15 is 0 Å². The summed E-state index contributed by atoms with van der Waals surface area (Å²) in [6.07, 6.45) is 2.54. The van der Waals surface area contributed by atoms with Crippen LogP contribution in [-0.4, -0.2) is 24.8 Å². The Morgan fingerprint density at radius 3 is 2.55 bits per heavy atom. The summed E-state index contributed by atoms with van der Waals surface area (Å²) in [6, 6.07) is 0.584. The molecule has 0 amide bonds. The van der Waals surface area contributed by atoms with Gasteiger partial charge in [-0.3, -0.25) is 0 Å². The molecule has 1 spiro atoms. The average molecular weight is 155 g/mol. The lowest BCUT2D eigenvalue weighted by Crippen LogP contribution is -2.49. The van der Waals surface area contributed by atoms with Crippen molar-refractivity contribution in [1.82, 2.24) is 5.32 Å². The second-order valence-corrected chi connectivity index (χ2v) is 4.23. The predicted molar refractivity (Wildman–Crippen MR) is 44.5 cm³/mol. The quantitative estimate of drug-likeness (QED) is 0.613. The zero-order chi connectivity index (χ0) is 7.90. The molecule has 64 valence electrons. The number of rotatable bonds is 1. The summed E-state index contributed by atoms with van der Waals surface area (Å²) in [5.41, 5.74) is 0.283. The van der Waals surface area contributed by atoms with Crippen LogP contribution in [0.25, 0.3) is 0 Å². The maximum absolute atomic E-state index is 5.79. The molecule has 0 aromatic rings. The third kappa shape index (κ3) is 1.42. The van der Waals surface area contributed by atoms with Gasteiger partial charge in [0.15, 0.2) is 0 Å². The summed E-state index contributed by atoms with van der Waals surface area (Å²) in [7, 11) is 0. The summed E-state index contributed by atoms with van der Waals surface area (Å²) in [4.78, 5) is 0. The molecule has 1 unspecified atom stereocenters. The van der Waals surface area contributed by atoms with Gasteiger partial charge in [-0.25, -0.2) is 0 Å². The molecule has 0 aromatic carbocycles. The minimum absolute atomic E-state index is 0.283. The molecular weight excluding hydrogens is 138 g/mol. The molecule has 0 aromatic heterocycles. The highest BCUT2D eigenvalue weighted by atomic mass is 16.5. The van der Waals surface area contributed by atoms with Crippen LogP contribution in [0.3, 0.4) is 0 Å². The van der Waals surface area contributed by atoms with Crippen LogP contribution in [0.15, 0.2) is 0 Å². The van der Waals surface area contributed by atoms with Crippen LogP contribution in [-0.2, 0) is 4.74 Å². The Bertz CT molecular complexity index is 142. The standard InChI is InChI=1S/C9H17NO/c1-7(2)8-5-11-9(3-4-9)6-10-8/h7-8,10H,3-6H2,1-2H3. The van der Waals surface area contributed by atoms with Gasteiger partial charge in [-0.05, 0) is 18.8 Å². The second-order valence-electron chi connectivity index (χ2n) is 4.23. The lowest BCUT2D eigenvalue weighted by Gasteiger charge is -2.32. The van der Waals surface area contributed by atoms with Crippen LogP contribution in [0, 0.1) is 5.92 Å². The first-order chi connectivity index (χ1) is 5.22. The molecule has 2 aliphatic rings. The molecule has 11 heavy (non-hydrogen) atoms. The first-order valence-corrected chi connectivity index (χ1v) is 4.59. The highest BCUT2D eigenvalue weighted by molar-refractivity contribution is 5.01. The molecule has 1 saturated carbocycles. The van der Waals surface area contributed by atoms with Crippen LogP contribution in [0.4, 0.5) is 0 Å². The Morgan fingerprint density at radius 1 is 1.45 bits per heavy atom. The fourth-order valence-electron chi connectivity index (χ4n) is 1.58. The van der Waals surface area contributed by atoms with E-state index in [9.17, 15) is 0 Å². The predicted octanol–water partition coefficient (Wildman–Crippen LogP) is 1.16. The second kappa shape index (κ2) is 2.46. The van der Waals surface area contributed by atoms with Gasteiger partial charge in [0.25, 0.3) is 0 Å². The molecule has 1 saturated heterocycles. The minimum atomic E-state index is 0.283. The Kier molecular flexibility index (Phi) is 1.69. The van der Waals surface area contributed by atoms with Crippen molar-refractivity contribution in [2.24, 2.45) is 5.92 Å². The van der Waals surface area contributed by atoms with Crippen molar-refractivity contribution in [1.29, 1.82) is 0 Å². The normalized spacial score (nSPS) is 34.6. The van der Waals surface area contributed by atoms with Gasteiger partial charge in [0, 0.05) is 12.6 Å². The Morgan fingerprint density at radius 2 is 2.18 bits per heavy atom. The zero-order valence-electron chi connectivity index (χ0n) is 7.39. The van der Waals surface area contributed by atoms with E-state index in [1.807, 2.05) is 0 Å². The lowest BCUT2D eigenvalue weighted by atomic mass is 10.0. The molecule has 1 atom stereocenters. The van der Waals surface area contributed by atoms with Crippen molar-refractivity contribution in [3.63, 3.8) is 0 Å². The van der Waals surface area contributed by atoms with E-state index in [2.05, 4.69) is 19.2 Å². The van der Waals surface area contributed by atoms with Crippen LogP contribution < -0.4 is 5.32 Å². The van der Waals surface area contributed by atoms with E-state index in [4.69, 9.17) is 4.74 Å². The van der Waals surface area contributed by atoms with E-state index in [1.165, 1.54) is 12.8 Å². The van der Waals surface area contributed by atoms with Crippen molar-refractivity contribution >= 4 is 0 Å². The van der Waals surface area contributed by atoms with Crippen molar-refractivity contribution in [2.75, 3.05) is 13.2 Å². The molecular formula is C9H17NO. The highest BCUT2D eigenvalue weighted by Crippen LogP contribution is 2.40. The Hall–Kier alpha value is -0.0800. The molecule has 1 aliphatic carbocycles. The largest absolute Gasteiger partial charge is 0.372 e. The van der Waals surface area contributed by atoms with Crippen molar-refractivity contribution in [3.05, 3.63) is 0 Å². The molecule has 1 N–H and O–H groups in total. The van der Waals surface area contributed by atoms with Gasteiger partial charge in [0.2, 0.25) is 0 Å². The lowest BCUT2D eigenvalue weighted by molar-refractivity contribution is -0.0235. The molecule has 2 fully saturated rings. The number of morpholine rings is 1. The summed E-state index contributed by atoms with van der Waals surface area (Å²) in [5.74, 6) is 0.700. The van der Waals surface area contributed by atoms with E-state index in [1.54, 1.807) is 0 Å². The highest BCUT2D eigenvalue weighted by Gasteiger charge is 2.46. The molecule has 0 radical (unpaired) electrons. The van der Waals surface area contributed by atoms with Gasteiger partial charge in [0.1, 0.15) is 0 Å². The van der Waals surface area contributed by atoms with Crippen molar-refractivity contribution in [2.45, 2.75) is 38.3 Å². The van der Waals surface area contributed by atoms with E-state index in [0.717, 1.165) is 13.2 Å². The fraction of sp³-hybridized carbons (Fsp3) is 1.00. The van der Waals surface area contributed by atoms with Crippen molar-refractivity contribution in [3.8, 4) is 0 Å². The van der Waals surface area contributed by atoms with Crippen LogP contribution in [0.2, 0.25) is 0 Å². The van der Waals surface area contributed by atoms with Crippen molar-refractivity contribution < 1.29 is 4.74 Å². The SMILES string of the molecule is CC(C)C1COC2(CC2)CN1. The van der Waals surface area contributed by atoms with Gasteiger partial charge >= 0.3 is 0 Å². The number of hydrogen-bond acceptors (Lipinski definition) is 2. The van der Waals surface area contributed by atoms with E-state index in [-0.39, 0.29) is 5.60 Å². The number of hydrogen-bond donors (Lipinski definition) is 1. The summed E-state index contributed by atoms with van der Waals surface area (Å²) >= 11 is 0. The summed E-state index contributed by atoms with van der Waals surface area (Å²) < 4.78 is 5.79. The first-order valence-electron chi connectivity index (χ1n) is 4.59. The third-order valence-electron chi connectivity index (χ3n) is 2.87. The van der Waals surface area contributed by atoms with Gasteiger partial charge < -0.3 is 10.1 Å². The third-order valence-corrected chi connectivity index (χ3v) is 2.87. The summed E-state index contributed by atoms with van der Waals surface area (Å²) in [5, 5.41) is 3.55. The number of ether oxygens (including phenoxy) is 1. The molecule has 1 aliphatic heterocycles. The maximum atomic E-state index is 5.79. The monoisotopic (exact) mass is 155 g/mol. The molecule has 0 bridgehead atoms. The molecule has 2 rings (SSSR count). The smallest absolute Gasteiger partial charge is 0.0809 e. The van der Waals surface area contributed by atoms with Crippen LogP contribution in [0.5, 0.6) is 0 Å². The Labute approximate surface area is 68.3 Å². The number of nitrogens with one attached hydrogen (secondary N) is 1. The topological polar surface area (TPSA) is 21.3 Å². The molecule has 2 nitrogen and oxygen atoms in total. The van der Waals surface area contributed by atoms with Gasteiger partial charge in [-0.1, -0.05) is 13.8 Å². The van der Waals surface area contributed by atoms with Crippen LogP contribution >= 0.6 is 0 Å². The average Bonchev–Trinajstić information content (AvgIpc) is 2.70. The Balaban J connectivity index is 1.84. The zero-order valence-corrected chi connectivity index (χ0v) is 7.39. The van der Waals surface area contributed by atoms with Crippen LogP contribution in [0.1, 0.15) is 26.7 Å². The molecule has 2 heteroatoms. The van der Waals surface area contributed by atoms with Gasteiger partial charge in [-0.15, -0.1) is 0 Å². The summed E-state index contributed by atoms with van der Waals surface area (Å²) in [6.45, 7) is 6.48.